The number of hydrogen-bond acceptors (Lipinski definition) is 3. The van der Waals surface area contributed by atoms with Crippen molar-refractivity contribution in [3.05, 3.63) is 0 Å². The van der Waals surface area contributed by atoms with Crippen molar-refractivity contribution in [1.82, 2.24) is 20.4 Å². The summed E-state index contributed by atoms with van der Waals surface area (Å²) >= 11 is 0. The van der Waals surface area contributed by atoms with Crippen LogP contribution in [-0.4, -0.2) is 75.2 Å². The highest BCUT2D eigenvalue weighted by atomic mass is 15.3. The average Bonchev–Trinajstić information content (AvgIpc) is 2.60. The van der Waals surface area contributed by atoms with Crippen molar-refractivity contribution in [2.75, 3.05) is 59.4 Å². The van der Waals surface area contributed by atoms with E-state index in [-0.39, 0.29) is 0 Å². The largest absolute Gasteiger partial charge is 0.356 e. The van der Waals surface area contributed by atoms with Gasteiger partial charge in [0, 0.05) is 46.3 Å². The third-order valence-corrected chi connectivity index (χ3v) is 4.65. The fraction of sp³-hybridized carbons (Fsp3) is 0.944. The van der Waals surface area contributed by atoms with E-state index in [1.807, 2.05) is 7.05 Å². The van der Waals surface area contributed by atoms with Crippen LogP contribution in [0.1, 0.15) is 52.4 Å². The molecular formula is C18H39N5. The summed E-state index contributed by atoms with van der Waals surface area (Å²) in [5.41, 5.74) is 0. The molecule has 0 aromatic carbocycles. The molecule has 1 fully saturated rings. The smallest absolute Gasteiger partial charge is 0.190 e. The van der Waals surface area contributed by atoms with Crippen molar-refractivity contribution < 1.29 is 0 Å². The number of guanidine groups is 1. The third kappa shape index (κ3) is 9.82. The zero-order valence-corrected chi connectivity index (χ0v) is 15.7. The van der Waals surface area contributed by atoms with Gasteiger partial charge in [0.05, 0.1) is 0 Å². The molecule has 5 nitrogen and oxygen atoms in total. The lowest BCUT2D eigenvalue weighted by Gasteiger charge is -2.34. The summed E-state index contributed by atoms with van der Waals surface area (Å²) in [6.07, 6.45) is 7.65. The predicted molar refractivity (Wildman–Crippen MR) is 101 cm³/mol. The molecule has 136 valence electrons. The van der Waals surface area contributed by atoms with Gasteiger partial charge in [-0.2, -0.15) is 0 Å². The fourth-order valence-corrected chi connectivity index (χ4v) is 2.98. The molecule has 0 amide bonds. The van der Waals surface area contributed by atoms with Crippen LogP contribution in [0.15, 0.2) is 4.99 Å². The molecule has 0 spiro atoms. The summed E-state index contributed by atoms with van der Waals surface area (Å²) in [7, 11) is 1.86. The second kappa shape index (κ2) is 13.6. The van der Waals surface area contributed by atoms with Crippen LogP contribution in [0.4, 0.5) is 0 Å². The zero-order chi connectivity index (χ0) is 16.8. The van der Waals surface area contributed by atoms with Gasteiger partial charge < -0.3 is 20.4 Å². The maximum absolute atomic E-state index is 4.29. The Kier molecular flexibility index (Phi) is 12.0. The first kappa shape index (κ1) is 20.2. The van der Waals surface area contributed by atoms with Gasteiger partial charge in [0.15, 0.2) is 5.96 Å². The van der Waals surface area contributed by atoms with Crippen LogP contribution < -0.4 is 10.6 Å². The summed E-state index contributed by atoms with van der Waals surface area (Å²) in [5.74, 6) is 0.957. The number of nitrogens with one attached hydrogen (secondary N) is 2. The molecule has 0 radical (unpaired) electrons. The van der Waals surface area contributed by atoms with Gasteiger partial charge in [0.25, 0.3) is 0 Å². The van der Waals surface area contributed by atoms with E-state index in [1.165, 1.54) is 77.8 Å². The van der Waals surface area contributed by atoms with Crippen molar-refractivity contribution in [2.45, 2.75) is 52.4 Å². The minimum Gasteiger partial charge on any atom is -0.356 e. The summed E-state index contributed by atoms with van der Waals surface area (Å²) in [6, 6.07) is 0. The monoisotopic (exact) mass is 325 g/mol. The lowest BCUT2D eigenvalue weighted by molar-refractivity contribution is 0.136. The van der Waals surface area contributed by atoms with Gasteiger partial charge in [0.1, 0.15) is 0 Å². The van der Waals surface area contributed by atoms with E-state index in [1.54, 1.807) is 0 Å². The van der Waals surface area contributed by atoms with Crippen LogP contribution in [0.25, 0.3) is 0 Å². The average molecular weight is 326 g/mol. The SMILES string of the molecule is CCCCCCNC(=NC)NCCCCN1CCN(CC)CC1. The molecule has 0 unspecified atom stereocenters. The maximum Gasteiger partial charge on any atom is 0.190 e. The lowest BCUT2D eigenvalue weighted by Crippen LogP contribution is -2.46. The number of rotatable bonds is 11. The molecule has 1 heterocycles. The van der Waals surface area contributed by atoms with E-state index < -0.39 is 0 Å². The van der Waals surface area contributed by atoms with Crippen LogP contribution in [-0.2, 0) is 0 Å². The van der Waals surface area contributed by atoms with E-state index in [0.717, 1.165) is 19.0 Å². The quantitative estimate of drug-likeness (QED) is 0.347. The van der Waals surface area contributed by atoms with Crippen LogP contribution >= 0.6 is 0 Å². The number of unbranched alkanes of at least 4 members (excludes halogenated alkanes) is 4. The van der Waals surface area contributed by atoms with Gasteiger partial charge in [-0.3, -0.25) is 4.99 Å². The van der Waals surface area contributed by atoms with Gasteiger partial charge >= 0.3 is 0 Å². The van der Waals surface area contributed by atoms with Crippen molar-refractivity contribution in [2.24, 2.45) is 4.99 Å². The highest BCUT2D eigenvalue weighted by molar-refractivity contribution is 5.79. The first-order chi connectivity index (χ1) is 11.3. The van der Waals surface area contributed by atoms with Crippen LogP contribution in [0, 0.1) is 0 Å². The number of aliphatic imine (C=N–C) groups is 1. The fourth-order valence-electron chi connectivity index (χ4n) is 2.98. The maximum atomic E-state index is 4.29. The Balaban J connectivity index is 1.96. The minimum atomic E-state index is 0.957. The van der Waals surface area contributed by atoms with Gasteiger partial charge in [-0.05, 0) is 32.4 Å². The first-order valence-electron chi connectivity index (χ1n) is 9.69. The van der Waals surface area contributed by atoms with E-state index >= 15 is 0 Å². The van der Waals surface area contributed by atoms with Crippen molar-refractivity contribution in [3.8, 4) is 0 Å². The Morgan fingerprint density at radius 3 is 2.00 bits per heavy atom. The second-order valence-electron chi connectivity index (χ2n) is 6.47. The number of likely N-dealkylation sites (N-methyl/N-ethyl adjacent to an activating group) is 1. The molecule has 0 atom stereocenters. The molecule has 1 saturated heterocycles. The molecule has 1 rings (SSSR count). The van der Waals surface area contributed by atoms with Gasteiger partial charge in [-0.15, -0.1) is 0 Å². The lowest BCUT2D eigenvalue weighted by atomic mass is 10.2. The summed E-state index contributed by atoms with van der Waals surface area (Å²) in [4.78, 5) is 9.43. The third-order valence-electron chi connectivity index (χ3n) is 4.65. The Morgan fingerprint density at radius 1 is 0.826 bits per heavy atom. The van der Waals surface area contributed by atoms with E-state index in [9.17, 15) is 0 Å². The predicted octanol–water partition coefficient (Wildman–Crippen LogP) is 2.15. The van der Waals surface area contributed by atoms with Crippen LogP contribution in [0.5, 0.6) is 0 Å². The molecular weight excluding hydrogens is 286 g/mol. The van der Waals surface area contributed by atoms with Gasteiger partial charge in [0.2, 0.25) is 0 Å². The summed E-state index contributed by atoms with van der Waals surface area (Å²) < 4.78 is 0. The first-order valence-corrected chi connectivity index (χ1v) is 9.69. The molecule has 0 bridgehead atoms. The minimum absolute atomic E-state index is 0.957. The standard InChI is InChI=1S/C18H39N5/c1-4-6-7-8-11-20-18(19-3)21-12-9-10-13-23-16-14-22(5-2)15-17-23/h4-17H2,1-3H3,(H2,19,20,21). The molecule has 1 aliphatic heterocycles. The van der Waals surface area contributed by atoms with Crippen molar-refractivity contribution in [1.29, 1.82) is 0 Å². The van der Waals surface area contributed by atoms with Crippen molar-refractivity contribution >= 4 is 5.96 Å². The number of nitrogens with zero attached hydrogens (tertiary/aromatic N) is 3. The van der Waals surface area contributed by atoms with E-state index in [4.69, 9.17) is 0 Å². The van der Waals surface area contributed by atoms with E-state index in [0.29, 0.717) is 0 Å². The molecule has 1 aliphatic rings. The Labute approximate surface area is 143 Å². The Morgan fingerprint density at radius 2 is 1.43 bits per heavy atom. The molecule has 0 aromatic rings. The molecule has 23 heavy (non-hydrogen) atoms. The van der Waals surface area contributed by atoms with E-state index in [2.05, 4.69) is 39.3 Å². The molecule has 0 saturated carbocycles. The van der Waals surface area contributed by atoms with Crippen LogP contribution in [0.2, 0.25) is 0 Å². The summed E-state index contributed by atoms with van der Waals surface area (Å²) in [5, 5.41) is 6.83. The highest BCUT2D eigenvalue weighted by Crippen LogP contribution is 2.02. The summed E-state index contributed by atoms with van der Waals surface area (Å²) in [6.45, 7) is 13.9. The molecule has 0 aromatic heterocycles. The molecule has 2 N–H and O–H groups in total. The topological polar surface area (TPSA) is 42.9 Å². The number of piperazine rings is 1. The normalized spacial score (nSPS) is 17.4. The molecule has 0 aliphatic carbocycles. The Hall–Kier alpha value is -0.810. The van der Waals surface area contributed by atoms with Crippen molar-refractivity contribution in [3.63, 3.8) is 0 Å². The Bertz CT molecular complexity index is 298. The van der Waals surface area contributed by atoms with Gasteiger partial charge in [-0.1, -0.05) is 33.1 Å². The van der Waals surface area contributed by atoms with Crippen LogP contribution in [0.3, 0.4) is 0 Å². The van der Waals surface area contributed by atoms with Gasteiger partial charge in [-0.25, -0.2) is 0 Å². The molecule has 5 heteroatoms. The zero-order valence-electron chi connectivity index (χ0n) is 15.7. The highest BCUT2D eigenvalue weighted by Gasteiger charge is 2.14. The number of hydrogen-bond donors (Lipinski definition) is 2. The second-order valence-corrected chi connectivity index (χ2v) is 6.47.